The average Bonchev–Trinajstić information content (AvgIpc) is 3.31. The van der Waals surface area contributed by atoms with E-state index in [-0.39, 0.29) is 12.2 Å². The molecule has 0 aromatic carbocycles. The molecular formula is C21H22FN5OS. The van der Waals surface area contributed by atoms with E-state index >= 15 is 0 Å². The molecule has 4 aromatic heterocycles. The molecule has 1 amide bonds. The number of halogens is 1. The number of nitrogens with one attached hydrogen (secondary N) is 1. The van der Waals surface area contributed by atoms with Gasteiger partial charge in [-0.2, -0.15) is 0 Å². The van der Waals surface area contributed by atoms with Crippen LogP contribution in [0, 0.1) is 12.7 Å². The monoisotopic (exact) mass is 411 g/mol. The number of pyridine rings is 2. The zero-order valence-corrected chi connectivity index (χ0v) is 16.9. The number of aryl methyl sites for hydroxylation is 1. The van der Waals surface area contributed by atoms with Gasteiger partial charge in [-0.15, -0.1) is 11.3 Å². The largest absolute Gasteiger partial charge is 0.372 e. The number of piperidine rings is 1. The number of thiophene rings is 1. The molecule has 1 unspecified atom stereocenters. The van der Waals surface area contributed by atoms with Crippen LogP contribution in [0.1, 0.15) is 30.1 Å². The molecule has 1 aliphatic rings. The van der Waals surface area contributed by atoms with Crippen molar-refractivity contribution < 1.29 is 9.18 Å². The predicted molar refractivity (Wildman–Crippen MR) is 114 cm³/mol. The molecule has 5 rings (SSSR count). The number of amides is 1. The summed E-state index contributed by atoms with van der Waals surface area (Å²) in [5, 5.41) is 4.56. The van der Waals surface area contributed by atoms with Gasteiger partial charge in [0.2, 0.25) is 6.41 Å². The van der Waals surface area contributed by atoms with Gasteiger partial charge in [0.1, 0.15) is 4.83 Å². The Labute approximate surface area is 171 Å². The minimum atomic E-state index is -0.296. The third-order valence-corrected chi connectivity index (χ3v) is 6.12. The minimum absolute atomic E-state index is 0.250. The number of nitrogens with zero attached hydrogens (tertiary/aromatic N) is 3. The first kappa shape index (κ1) is 19.5. The van der Waals surface area contributed by atoms with Crippen LogP contribution in [0.25, 0.3) is 26.3 Å². The third-order valence-electron chi connectivity index (χ3n) is 5.03. The molecule has 29 heavy (non-hydrogen) atoms. The fourth-order valence-corrected chi connectivity index (χ4v) is 4.74. The van der Waals surface area contributed by atoms with Crippen LogP contribution in [-0.2, 0) is 4.79 Å². The van der Waals surface area contributed by atoms with Crippen molar-refractivity contribution in [2.45, 2.75) is 25.7 Å². The number of imidazole rings is 1. The highest BCUT2D eigenvalue weighted by molar-refractivity contribution is 7.21. The van der Waals surface area contributed by atoms with Gasteiger partial charge in [0.05, 0.1) is 5.69 Å². The van der Waals surface area contributed by atoms with E-state index in [1.165, 1.54) is 12.8 Å². The molecule has 0 spiro atoms. The lowest BCUT2D eigenvalue weighted by Gasteiger charge is -2.22. The van der Waals surface area contributed by atoms with E-state index in [9.17, 15) is 4.39 Å². The van der Waals surface area contributed by atoms with Crippen LogP contribution in [0.15, 0.2) is 36.7 Å². The molecule has 0 aliphatic carbocycles. The van der Waals surface area contributed by atoms with Gasteiger partial charge >= 0.3 is 0 Å². The zero-order chi connectivity index (χ0) is 20.4. The highest BCUT2D eigenvalue weighted by atomic mass is 32.1. The van der Waals surface area contributed by atoms with Crippen molar-refractivity contribution in [2.75, 3.05) is 13.1 Å². The molecule has 0 radical (unpaired) electrons. The molecule has 0 saturated carbocycles. The number of hydrogen-bond donors (Lipinski definition) is 2. The highest BCUT2D eigenvalue weighted by Crippen LogP contribution is 2.34. The van der Waals surface area contributed by atoms with Gasteiger partial charge in [0, 0.05) is 46.4 Å². The molecule has 1 aliphatic heterocycles. The Balaban J connectivity index is 0.000000645. The van der Waals surface area contributed by atoms with Crippen molar-refractivity contribution in [1.82, 2.24) is 19.7 Å². The van der Waals surface area contributed by atoms with Crippen LogP contribution in [0.4, 0.5) is 4.39 Å². The number of primary amides is 1. The quantitative estimate of drug-likeness (QED) is 0.493. The maximum Gasteiger partial charge on any atom is 0.204 e. The number of aromatic nitrogens is 3. The smallest absolute Gasteiger partial charge is 0.204 e. The molecular weight excluding hydrogens is 389 g/mol. The van der Waals surface area contributed by atoms with Crippen LogP contribution < -0.4 is 11.1 Å². The Kier molecular flexibility index (Phi) is 5.55. The van der Waals surface area contributed by atoms with Gasteiger partial charge in [0.25, 0.3) is 0 Å². The van der Waals surface area contributed by atoms with E-state index < -0.39 is 0 Å². The predicted octanol–water partition coefficient (Wildman–Crippen LogP) is 3.63. The fraction of sp³-hybridized carbons (Fsp3) is 0.286. The first-order valence-electron chi connectivity index (χ1n) is 9.51. The normalized spacial score (nSPS) is 16.6. The van der Waals surface area contributed by atoms with Crippen LogP contribution in [0.5, 0.6) is 0 Å². The maximum atomic E-state index is 14.4. The summed E-state index contributed by atoms with van der Waals surface area (Å²) in [6.45, 7) is 3.97. The molecule has 1 saturated heterocycles. The second-order valence-electron chi connectivity index (χ2n) is 7.11. The van der Waals surface area contributed by atoms with Gasteiger partial charge in [0.15, 0.2) is 11.5 Å². The molecule has 5 heterocycles. The number of carbonyl (C=O) groups excluding carboxylic acids is 1. The Bertz CT molecular complexity index is 1160. The lowest BCUT2D eigenvalue weighted by molar-refractivity contribution is -0.106. The van der Waals surface area contributed by atoms with Gasteiger partial charge in [-0.1, -0.05) is 6.07 Å². The molecule has 3 N–H and O–H groups in total. The van der Waals surface area contributed by atoms with Crippen molar-refractivity contribution in [3.63, 3.8) is 0 Å². The van der Waals surface area contributed by atoms with Crippen LogP contribution >= 0.6 is 11.3 Å². The molecule has 0 bridgehead atoms. The van der Waals surface area contributed by atoms with Crippen molar-refractivity contribution in [3.05, 3.63) is 53.9 Å². The van der Waals surface area contributed by atoms with E-state index in [1.807, 2.05) is 19.3 Å². The summed E-state index contributed by atoms with van der Waals surface area (Å²) in [6.07, 6.45) is 6.42. The summed E-state index contributed by atoms with van der Waals surface area (Å²) in [5.41, 5.74) is 7.36. The van der Waals surface area contributed by atoms with E-state index in [4.69, 9.17) is 9.78 Å². The average molecular weight is 412 g/mol. The van der Waals surface area contributed by atoms with Crippen molar-refractivity contribution in [3.8, 4) is 10.4 Å². The molecule has 4 aromatic rings. The summed E-state index contributed by atoms with van der Waals surface area (Å²) in [5.74, 6) is 0.191. The Morgan fingerprint density at radius 1 is 1.31 bits per heavy atom. The van der Waals surface area contributed by atoms with Gasteiger partial charge in [-0.25, -0.2) is 14.4 Å². The van der Waals surface area contributed by atoms with E-state index in [0.29, 0.717) is 11.6 Å². The topological polar surface area (TPSA) is 85.3 Å². The fourth-order valence-electron chi connectivity index (χ4n) is 3.72. The first-order chi connectivity index (χ1) is 14.1. The summed E-state index contributed by atoms with van der Waals surface area (Å²) in [6, 6.07) is 7.95. The number of rotatable bonds is 2. The summed E-state index contributed by atoms with van der Waals surface area (Å²) in [4.78, 5) is 19.8. The second kappa shape index (κ2) is 8.26. The first-order valence-corrected chi connectivity index (χ1v) is 10.3. The Morgan fingerprint density at radius 2 is 2.14 bits per heavy atom. The lowest BCUT2D eigenvalue weighted by Crippen LogP contribution is -2.28. The zero-order valence-electron chi connectivity index (χ0n) is 16.1. The van der Waals surface area contributed by atoms with E-state index in [2.05, 4.69) is 34.2 Å². The van der Waals surface area contributed by atoms with Crippen LogP contribution in [0.3, 0.4) is 0 Å². The standard InChI is InChI=1S/C20H19FN4S.CH3NO/c1-12-10-25-11-15(7-16(21)19(25)23-12)18-8-13-4-5-17(24-20(13)26-18)14-3-2-6-22-9-14;2-1-3/h4-5,7-8,10-11,14,22H,2-3,6,9H2,1H3;1H,(H2,2,3). The van der Waals surface area contributed by atoms with E-state index in [0.717, 1.165) is 45.1 Å². The highest BCUT2D eigenvalue weighted by Gasteiger charge is 2.18. The number of hydrogen-bond acceptors (Lipinski definition) is 5. The molecule has 150 valence electrons. The maximum absolute atomic E-state index is 14.4. The van der Waals surface area contributed by atoms with Gasteiger partial charge in [-0.3, -0.25) is 4.79 Å². The summed E-state index contributed by atoms with van der Waals surface area (Å²) < 4.78 is 16.2. The van der Waals surface area contributed by atoms with E-state index in [1.54, 1.807) is 21.8 Å². The molecule has 1 fully saturated rings. The lowest BCUT2D eigenvalue weighted by atomic mass is 9.95. The SMILES string of the molecule is Cc1cn2cc(-c3cc4ccc(C5CCCNC5)nc4s3)cc(F)c2n1.NC=O. The third kappa shape index (κ3) is 3.99. The van der Waals surface area contributed by atoms with Crippen molar-refractivity contribution >= 4 is 33.6 Å². The van der Waals surface area contributed by atoms with Crippen LogP contribution in [-0.4, -0.2) is 33.9 Å². The number of fused-ring (bicyclic) bond motifs is 2. The van der Waals surface area contributed by atoms with Crippen molar-refractivity contribution in [2.24, 2.45) is 5.73 Å². The van der Waals surface area contributed by atoms with Crippen molar-refractivity contribution in [1.29, 1.82) is 0 Å². The number of nitrogens with two attached hydrogens (primary N) is 1. The minimum Gasteiger partial charge on any atom is -0.372 e. The van der Waals surface area contributed by atoms with Crippen LogP contribution in [0.2, 0.25) is 0 Å². The Morgan fingerprint density at radius 3 is 2.90 bits per heavy atom. The van der Waals surface area contributed by atoms with Gasteiger partial charge < -0.3 is 15.5 Å². The van der Waals surface area contributed by atoms with Gasteiger partial charge in [-0.05, 0) is 44.5 Å². The molecule has 6 nitrogen and oxygen atoms in total. The number of carbonyl (C=O) groups is 1. The molecule has 1 atom stereocenters. The summed E-state index contributed by atoms with van der Waals surface area (Å²) in [7, 11) is 0. The molecule has 8 heteroatoms. The summed E-state index contributed by atoms with van der Waals surface area (Å²) >= 11 is 1.62. The Hall–Kier alpha value is -2.84. The second-order valence-corrected chi connectivity index (χ2v) is 8.14.